The summed E-state index contributed by atoms with van der Waals surface area (Å²) in [5.74, 6) is 6.77. The van der Waals surface area contributed by atoms with Crippen LogP contribution < -0.4 is 10.6 Å². The highest BCUT2D eigenvalue weighted by Crippen LogP contribution is 2.26. The van der Waals surface area contributed by atoms with Crippen LogP contribution in [0.25, 0.3) is 0 Å². The number of thioether (sulfide) groups is 1. The second-order valence-electron chi connectivity index (χ2n) is 5.19. The topological polar surface area (TPSA) is 109 Å². The summed E-state index contributed by atoms with van der Waals surface area (Å²) in [5, 5.41) is 19.4. The smallest absolute Gasteiger partial charge is 0.273 e. The molecule has 0 aliphatic rings. The molecule has 0 radical (unpaired) electrons. The van der Waals surface area contributed by atoms with Crippen LogP contribution >= 0.6 is 11.8 Å². The fraction of sp³-hybridized carbons (Fsp3) is 0.125. The van der Waals surface area contributed by atoms with E-state index in [1.807, 2.05) is 0 Å². The number of nitro groups is 1. The monoisotopic (exact) mass is 375 g/mol. The van der Waals surface area contributed by atoms with Crippen molar-refractivity contribution >= 4 is 17.4 Å². The van der Waals surface area contributed by atoms with Gasteiger partial charge in [0.05, 0.1) is 4.92 Å². The van der Waals surface area contributed by atoms with Crippen LogP contribution in [-0.2, 0) is 12.4 Å². The molecule has 0 atom stereocenters. The highest BCUT2D eigenvalue weighted by atomic mass is 32.2. The minimum Gasteiger partial charge on any atom is -0.486 e. The number of ether oxygens (including phenoxy) is 1. The van der Waals surface area contributed by atoms with Gasteiger partial charge in [-0.2, -0.15) is 0 Å². The Bertz CT molecular complexity index is 917. The first-order valence-electron chi connectivity index (χ1n) is 7.47. The number of aromatic nitrogens is 3. The van der Waals surface area contributed by atoms with E-state index in [0.717, 1.165) is 0 Å². The highest BCUT2D eigenvalue weighted by Gasteiger charge is 2.15. The van der Waals surface area contributed by atoms with Gasteiger partial charge < -0.3 is 10.6 Å². The third-order valence-electron chi connectivity index (χ3n) is 3.46. The van der Waals surface area contributed by atoms with Gasteiger partial charge in [0.25, 0.3) is 5.69 Å². The maximum Gasteiger partial charge on any atom is 0.273 e. The molecule has 3 rings (SSSR count). The van der Waals surface area contributed by atoms with Crippen molar-refractivity contribution in [1.29, 1.82) is 0 Å². The summed E-state index contributed by atoms with van der Waals surface area (Å²) in [5.41, 5.74) is 0.609. The second kappa shape index (κ2) is 7.83. The molecule has 0 saturated carbocycles. The largest absolute Gasteiger partial charge is 0.486 e. The zero-order valence-electron chi connectivity index (χ0n) is 13.4. The van der Waals surface area contributed by atoms with Crippen LogP contribution in [0.3, 0.4) is 0 Å². The Hall–Kier alpha value is -3.14. The number of para-hydroxylation sites is 1. The van der Waals surface area contributed by atoms with E-state index in [1.165, 1.54) is 46.8 Å². The number of nitrogen functional groups attached to an aromatic ring is 1. The molecule has 1 aromatic heterocycles. The predicted molar refractivity (Wildman–Crippen MR) is 93.6 cm³/mol. The van der Waals surface area contributed by atoms with E-state index in [-0.39, 0.29) is 18.1 Å². The van der Waals surface area contributed by atoms with Gasteiger partial charge in [0, 0.05) is 17.4 Å². The molecule has 0 spiro atoms. The maximum absolute atomic E-state index is 12.9. The zero-order valence-corrected chi connectivity index (χ0v) is 14.2. The van der Waals surface area contributed by atoms with E-state index in [4.69, 9.17) is 10.6 Å². The van der Waals surface area contributed by atoms with Gasteiger partial charge >= 0.3 is 0 Å². The maximum atomic E-state index is 12.9. The van der Waals surface area contributed by atoms with E-state index < -0.39 is 4.92 Å². The normalized spacial score (nSPS) is 10.7. The van der Waals surface area contributed by atoms with E-state index in [9.17, 15) is 14.5 Å². The van der Waals surface area contributed by atoms with E-state index in [2.05, 4.69) is 10.2 Å². The molecule has 2 aromatic carbocycles. The molecule has 134 valence electrons. The fourth-order valence-electron chi connectivity index (χ4n) is 2.14. The summed E-state index contributed by atoms with van der Waals surface area (Å²) in [4.78, 5) is 10.6. The van der Waals surface area contributed by atoms with Crippen molar-refractivity contribution in [3.8, 4) is 5.75 Å². The van der Waals surface area contributed by atoms with Crippen molar-refractivity contribution in [2.24, 2.45) is 0 Å². The molecule has 8 nitrogen and oxygen atoms in total. The Morgan fingerprint density at radius 3 is 2.65 bits per heavy atom. The Kier molecular flexibility index (Phi) is 5.32. The molecule has 0 saturated heterocycles. The number of benzene rings is 2. The van der Waals surface area contributed by atoms with Crippen molar-refractivity contribution < 1.29 is 14.1 Å². The van der Waals surface area contributed by atoms with Crippen LogP contribution in [0.1, 0.15) is 11.4 Å². The summed E-state index contributed by atoms with van der Waals surface area (Å²) >= 11 is 1.23. The van der Waals surface area contributed by atoms with Crippen LogP contribution in [0.5, 0.6) is 5.75 Å². The lowest BCUT2D eigenvalue weighted by atomic mass is 10.2. The molecule has 0 unspecified atom stereocenters. The van der Waals surface area contributed by atoms with Crippen LogP contribution in [0, 0.1) is 15.9 Å². The molecule has 0 bridgehead atoms. The van der Waals surface area contributed by atoms with Gasteiger partial charge in [-0.3, -0.25) is 10.1 Å². The quantitative estimate of drug-likeness (QED) is 0.293. The third kappa shape index (κ3) is 4.09. The first-order chi connectivity index (χ1) is 12.5. The van der Waals surface area contributed by atoms with Crippen LogP contribution in [0.4, 0.5) is 10.1 Å². The Morgan fingerprint density at radius 2 is 1.92 bits per heavy atom. The van der Waals surface area contributed by atoms with Crippen molar-refractivity contribution in [3.05, 3.63) is 75.9 Å². The first kappa shape index (κ1) is 17.7. The van der Waals surface area contributed by atoms with Crippen molar-refractivity contribution in [3.63, 3.8) is 0 Å². The van der Waals surface area contributed by atoms with E-state index in [0.29, 0.717) is 28.0 Å². The summed E-state index contributed by atoms with van der Waals surface area (Å²) < 4.78 is 19.6. The lowest BCUT2D eigenvalue weighted by molar-refractivity contribution is -0.385. The number of hydrogen-bond acceptors (Lipinski definition) is 7. The van der Waals surface area contributed by atoms with Gasteiger partial charge in [-0.25, -0.2) is 9.07 Å². The molecule has 3 aromatic rings. The molecule has 1 heterocycles. The average Bonchev–Trinajstić information content (AvgIpc) is 2.99. The highest BCUT2D eigenvalue weighted by molar-refractivity contribution is 7.98. The summed E-state index contributed by atoms with van der Waals surface area (Å²) in [6.45, 7) is 0.0567. The van der Waals surface area contributed by atoms with Gasteiger partial charge in [-0.05, 0) is 24.3 Å². The van der Waals surface area contributed by atoms with Gasteiger partial charge in [-0.1, -0.05) is 30.0 Å². The van der Waals surface area contributed by atoms with Crippen LogP contribution in [-0.4, -0.2) is 19.8 Å². The molecule has 0 fully saturated rings. The predicted octanol–water partition coefficient (Wildman–Crippen LogP) is 2.91. The van der Waals surface area contributed by atoms with Crippen LogP contribution in [0.15, 0.2) is 53.7 Å². The zero-order chi connectivity index (χ0) is 18.5. The number of hydrogen-bond donors (Lipinski definition) is 1. The average molecular weight is 375 g/mol. The molecule has 0 aliphatic heterocycles. The van der Waals surface area contributed by atoms with Gasteiger partial charge in [0.1, 0.15) is 18.2 Å². The SMILES string of the molecule is Nn1c(COc2ccc(F)cc2)nnc1SCc1ccccc1[N+](=O)[O-]. The third-order valence-corrected chi connectivity index (χ3v) is 4.45. The van der Waals surface area contributed by atoms with Crippen molar-refractivity contribution in [1.82, 2.24) is 14.9 Å². The summed E-state index contributed by atoms with van der Waals surface area (Å²) in [6, 6.07) is 12.0. The number of nitrogens with two attached hydrogens (primary N) is 1. The molecule has 10 heteroatoms. The van der Waals surface area contributed by atoms with Gasteiger partial charge in [-0.15, -0.1) is 10.2 Å². The molecule has 0 aliphatic carbocycles. The van der Waals surface area contributed by atoms with E-state index in [1.54, 1.807) is 18.2 Å². The minimum absolute atomic E-state index is 0.0444. The summed E-state index contributed by atoms with van der Waals surface area (Å²) in [7, 11) is 0. The molecular weight excluding hydrogens is 361 g/mol. The standard InChI is InChI=1S/C16H14FN5O3S/c17-12-5-7-13(8-6-12)25-9-15-19-20-16(21(15)18)26-10-11-3-1-2-4-14(11)22(23)24/h1-8H,9-10,18H2. The lowest BCUT2D eigenvalue weighted by Gasteiger charge is -2.06. The molecule has 2 N–H and O–H groups in total. The van der Waals surface area contributed by atoms with E-state index >= 15 is 0 Å². The fourth-order valence-corrected chi connectivity index (χ4v) is 3.01. The lowest BCUT2D eigenvalue weighted by Crippen LogP contribution is -2.15. The number of nitrogens with zero attached hydrogens (tertiary/aromatic N) is 4. The first-order valence-corrected chi connectivity index (χ1v) is 8.46. The minimum atomic E-state index is -0.426. The Morgan fingerprint density at radius 1 is 1.19 bits per heavy atom. The van der Waals surface area contributed by atoms with Gasteiger partial charge in [0.2, 0.25) is 5.16 Å². The molecule has 0 amide bonds. The second-order valence-corrected chi connectivity index (χ2v) is 6.13. The summed E-state index contributed by atoms with van der Waals surface area (Å²) in [6.07, 6.45) is 0. The Balaban J connectivity index is 1.64. The van der Waals surface area contributed by atoms with Crippen molar-refractivity contribution in [2.45, 2.75) is 17.5 Å². The van der Waals surface area contributed by atoms with Crippen LogP contribution in [0.2, 0.25) is 0 Å². The molecular formula is C16H14FN5O3S. The number of nitro benzene ring substituents is 1. The molecule has 26 heavy (non-hydrogen) atoms. The van der Waals surface area contributed by atoms with Gasteiger partial charge in [0.15, 0.2) is 5.82 Å². The number of halogens is 1. The number of rotatable bonds is 7. The van der Waals surface area contributed by atoms with Crippen molar-refractivity contribution in [2.75, 3.05) is 5.84 Å². The Labute approximate surface area is 151 Å².